The van der Waals surface area contributed by atoms with E-state index in [0.29, 0.717) is 10.9 Å². The smallest absolute Gasteiger partial charge is 0.258 e. The van der Waals surface area contributed by atoms with Crippen LogP contribution in [0, 0.1) is 5.82 Å². The number of hydrogen-bond acceptors (Lipinski definition) is 6. The minimum atomic E-state index is -3.94. The van der Waals surface area contributed by atoms with Gasteiger partial charge < -0.3 is 10.6 Å². The van der Waals surface area contributed by atoms with Crippen molar-refractivity contribution in [2.75, 3.05) is 19.8 Å². The Morgan fingerprint density at radius 2 is 1.95 bits per heavy atom. The molecular formula is C28H26FN5O3S. The fourth-order valence-electron chi connectivity index (χ4n) is 4.61. The molecular weight excluding hydrogens is 505 g/mol. The molecule has 0 fully saturated rings. The Labute approximate surface area is 220 Å². The first kappa shape index (κ1) is 25.3. The first-order valence-electron chi connectivity index (χ1n) is 11.8. The van der Waals surface area contributed by atoms with Crippen LogP contribution in [-0.2, 0) is 10.0 Å². The van der Waals surface area contributed by atoms with E-state index in [4.69, 9.17) is 5.73 Å². The lowest BCUT2D eigenvalue weighted by Crippen LogP contribution is -2.38. The number of carbonyl (C=O) groups excluding carboxylic acids is 1. The number of amides is 1. The molecule has 38 heavy (non-hydrogen) atoms. The molecule has 1 amide bonds. The van der Waals surface area contributed by atoms with Crippen molar-refractivity contribution in [3.05, 3.63) is 96.4 Å². The summed E-state index contributed by atoms with van der Waals surface area (Å²) in [5, 5.41) is 0.509. The van der Waals surface area contributed by atoms with E-state index in [0.717, 1.165) is 11.1 Å². The van der Waals surface area contributed by atoms with E-state index in [1.165, 1.54) is 47.5 Å². The van der Waals surface area contributed by atoms with Gasteiger partial charge in [0.25, 0.3) is 5.91 Å². The van der Waals surface area contributed by atoms with Gasteiger partial charge in [0, 0.05) is 61.1 Å². The number of nitrogen functional groups attached to an aromatic ring is 1. The fourth-order valence-corrected chi connectivity index (χ4v) is 6.25. The van der Waals surface area contributed by atoms with Crippen LogP contribution in [0.25, 0.3) is 27.7 Å². The van der Waals surface area contributed by atoms with Crippen LogP contribution in [0.5, 0.6) is 0 Å². The molecule has 5 rings (SSSR count). The van der Waals surface area contributed by atoms with Gasteiger partial charge in [0.2, 0.25) is 10.0 Å². The summed E-state index contributed by atoms with van der Waals surface area (Å²) in [6.07, 6.45) is 11.8. The molecule has 194 valence electrons. The highest BCUT2D eigenvalue weighted by Gasteiger charge is 2.41. The number of fused-ring (bicyclic) bond motifs is 1. The molecule has 3 heterocycles. The minimum absolute atomic E-state index is 0.0321. The maximum atomic E-state index is 15.4. The third kappa shape index (κ3) is 4.06. The van der Waals surface area contributed by atoms with Crippen LogP contribution >= 0.6 is 0 Å². The number of anilines is 1. The van der Waals surface area contributed by atoms with Gasteiger partial charge in [-0.25, -0.2) is 21.8 Å². The summed E-state index contributed by atoms with van der Waals surface area (Å²) in [4.78, 5) is 22.3. The van der Waals surface area contributed by atoms with Gasteiger partial charge in [-0.1, -0.05) is 24.3 Å². The van der Waals surface area contributed by atoms with Crippen LogP contribution in [0.15, 0.2) is 79.4 Å². The largest absolute Gasteiger partial charge is 0.398 e. The summed E-state index contributed by atoms with van der Waals surface area (Å²) in [6.45, 7) is 1.68. The molecule has 0 saturated heterocycles. The molecule has 0 spiro atoms. The van der Waals surface area contributed by atoms with E-state index in [1.54, 1.807) is 43.6 Å². The number of nitrogens with zero attached hydrogens (tertiary/aromatic N) is 4. The van der Waals surface area contributed by atoms with Gasteiger partial charge in [0.1, 0.15) is 10.6 Å². The highest BCUT2D eigenvalue weighted by Crippen LogP contribution is 2.38. The van der Waals surface area contributed by atoms with Crippen molar-refractivity contribution in [1.82, 2.24) is 18.8 Å². The minimum Gasteiger partial charge on any atom is -0.398 e. The number of hydrogen-bond donors (Lipinski definition) is 1. The molecule has 8 nitrogen and oxygen atoms in total. The maximum absolute atomic E-state index is 15.4. The predicted octanol–water partition coefficient (Wildman–Crippen LogP) is 4.50. The standard InChI is InChI=1S/C28H26FN5O3S/c1-28(11-4-6-19(15-28)20-7-5-12-31-16-20)38(36,37)34-13-10-18-14-21(17-32-26(18)34)22-8-9-23(30)24(25(22)29)27(35)33(2)3/h4-14,16-17H,15,30H2,1-3H3. The van der Waals surface area contributed by atoms with Gasteiger partial charge >= 0.3 is 0 Å². The molecule has 2 N–H and O–H groups in total. The van der Waals surface area contributed by atoms with Crippen molar-refractivity contribution >= 4 is 38.2 Å². The van der Waals surface area contributed by atoms with Crippen molar-refractivity contribution in [3.63, 3.8) is 0 Å². The Bertz CT molecular complexity index is 1740. The summed E-state index contributed by atoms with van der Waals surface area (Å²) in [7, 11) is -0.907. The van der Waals surface area contributed by atoms with E-state index >= 15 is 4.39 Å². The second-order valence-corrected chi connectivity index (χ2v) is 11.9. The van der Waals surface area contributed by atoms with Gasteiger partial charge in [0.15, 0.2) is 5.65 Å². The Hall–Kier alpha value is -4.31. The monoisotopic (exact) mass is 531 g/mol. The summed E-state index contributed by atoms with van der Waals surface area (Å²) >= 11 is 0. The molecule has 0 aliphatic heterocycles. The number of rotatable bonds is 5. The average molecular weight is 532 g/mol. The Morgan fingerprint density at radius 3 is 2.66 bits per heavy atom. The topological polar surface area (TPSA) is 111 Å². The molecule has 1 aliphatic rings. The van der Waals surface area contributed by atoms with Gasteiger partial charge in [-0.05, 0) is 54.8 Å². The zero-order chi connectivity index (χ0) is 27.2. The molecule has 0 bridgehead atoms. The zero-order valence-corrected chi connectivity index (χ0v) is 21.9. The van der Waals surface area contributed by atoms with Crippen LogP contribution in [0.4, 0.5) is 10.1 Å². The lowest BCUT2D eigenvalue weighted by molar-refractivity contribution is 0.0824. The molecule has 1 aliphatic carbocycles. The number of pyridine rings is 2. The van der Waals surface area contributed by atoms with Crippen LogP contribution in [0.3, 0.4) is 0 Å². The van der Waals surface area contributed by atoms with Crippen molar-refractivity contribution in [3.8, 4) is 11.1 Å². The maximum Gasteiger partial charge on any atom is 0.258 e. The summed E-state index contributed by atoms with van der Waals surface area (Å²) < 4.78 is 43.2. The normalized spacial score (nSPS) is 17.4. The molecule has 1 atom stereocenters. The molecule has 3 aromatic heterocycles. The number of nitrogens with two attached hydrogens (primary N) is 1. The van der Waals surface area contributed by atoms with Crippen LogP contribution < -0.4 is 5.73 Å². The van der Waals surface area contributed by atoms with Crippen LogP contribution in [0.2, 0.25) is 0 Å². The van der Waals surface area contributed by atoms with Gasteiger partial charge in [0.05, 0.1) is 5.56 Å². The number of benzene rings is 1. The first-order chi connectivity index (χ1) is 18.0. The summed E-state index contributed by atoms with van der Waals surface area (Å²) in [5.41, 5.74) is 8.18. The molecule has 0 radical (unpaired) electrons. The highest BCUT2D eigenvalue weighted by molar-refractivity contribution is 7.91. The quantitative estimate of drug-likeness (QED) is 0.380. The third-order valence-electron chi connectivity index (χ3n) is 6.77. The Kier molecular flexibility index (Phi) is 6.15. The fraction of sp³-hybridized carbons (Fsp3) is 0.179. The zero-order valence-electron chi connectivity index (χ0n) is 21.1. The summed E-state index contributed by atoms with van der Waals surface area (Å²) in [5.74, 6) is -1.31. The van der Waals surface area contributed by atoms with Gasteiger partial charge in [-0.2, -0.15) is 0 Å². The summed E-state index contributed by atoms with van der Waals surface area (Å²) in [6, 6.07) is 9.93. The van der Waals surface area contributed by atoms with E-state index in [9.17, 15) is 13.2 Å². The number of aromatic nitrogens is 3. The molecule has 1 aromatic carbocycles. The average Bonchev–Trinajstić information content (AvgIpc) is 3.33. The van der Waals surface area contributed by atoms with Crippen molar-refractivity contribution < 1.29 is 17.6 Å². The Morgan fingerprint density at radius 1 is 1.16 bits per heavy atom. The second kappa shape index (κ2) is 9.21. The van der Waals surface area contributed by atoms with E-state index in [2.05, 4.69) is 9.97 Å². The van der Waals surface area contributed by atoms with Gasteiger partial charge in [-0.15, -0.1) is 0 Å². The van der Waals surface area contributed by atoms with Crippen LogP contribution in [0.1, 0.15) is 29.3 Å². The molecule has 0 saturated carbocycles. The number of allylic oxidation sites excluding steroid dienone is 3. The Balaban J connectivity index is 1.53. The van der Waals surface area contributed by atoms with Crippen LogP contribution in [-0.4, -0.2) is 52.0 Å². The van der Waals surface area contributed by atoms with Crippen molar-refractivity contribution in [2.45, 2.75) is 18.1 Å². The molecule has 10 heteroatoms. The van der Waals surface area contributed by atoms with Gasteiger partial charge in [-0.3, -0.25) is 9.78 Å². The van der Waals surface area contributed by atoms with E-state index in [1.807, 2.05) is 18.2 Å². The van der Waals surface area contributed by atoms with Crippen molar-refractivity contribution in [2.24, 2.45) is 0 Å². The second-order valence-electron chi connectivity index (χ2n) is 9.63. The third-order valence-corrected chi connectivity index (χ3v) is 9.04. The number of halogens is 1. The lowest BCUT2D eigenvalue weighted by Gasteiger charge is -2.30. The highest BCUT2D eigenvalue weighted by atomic mass is 32.2. The first-order valence-corrected chi connectivity index (χ1v) is 13.3. The van der Waals surface area contributed by atoms with Crippen molar-refractivity contribution in [1.29, 1.82) is 0 Å². The predicted molar refractivity (Wildman–Crippen MR) is 146 cm³/mol. The molecule has 1 unspecified atom stereocenters. The van der Waals surface area contributed by atoms with E-state index in [-0.39, 0.29) is 28.9 Å². The molecule has 4 aromatic rings. The van der Waals surface area contributed by atoms with E-state index < -0.39 is 26.5 Å². The lowest BCUT2D eigenvalue weighted by atomic mass is 9.91. The number of carbonyl (C=O) groups is 1. The SMILES string of the molecule is CN(C)C(=O)c1c(N)ccc(-c2cnc3c(ccn3S(=O)(=O)C3(C)C=CC=C(c4cccnc4)C3)c2)c1F.